The first-order valence-corrected chi connectivity index (χ1v) is 18.3. The number of aromatic nitrogens is 4. The molecule has 2 aromatic heterocycles. The largest absolute Gasteiger partial charge is 0.493 e. The Balaban J connectivity index is 1.51. The van der Waals surface area contributed by atoms with Gasteiger partial charge in [-0.3, -0.25) is 9.52 Å². The molecule has 1 aliphatic rings. The first-order chi connectivity index (χ1) is 22.7. The highest BCUT2D eigenvalue weighted by Crippen LogP contribution is 2.36. The predicted octanol–water partition coefficient (Wildman–Crippen LogP) is 7.39. The third-order valence-corrected chi connectivity index (χ3v) is 10.2. The van der Waals surface area contributed by atoms with E-state index in [0.717, 1.165) is 63.6 Å². The number of nitrogens with one attached hydrogen (secondary N) is 2. The molecule has 1 atom stereocenters. The third kappa shape index (κ3) is 7.75. The van der Waals surface area contributed by atoms with Crippen LogP contribution >= 0.6 is 0 Å². The van der Waals surface area contributed by atoms with Crippen LogP contribution in [0.5, 0.6) is 17.2 Å². The van der Waals surface area contributed by atoms with Crippen molar-refractivity contribution in [2.45, 2.75) is 109 Å². The van der Waals surface area contributed by atoms with E-state index in [9.17, 15) is 13.2 Å². The predicted molar refractivity (Wildman–Crippen MR) is 183 cm³/mol. The molecular formula is C35H47N5O6S. The monoisotopic (exact) mass is 665 g/mol. The number of aryl methyl sites for hydroxylation is 1. The van der Waals surface area contributed by atoms with Crippen molar-refractivity contribution in [2.75, 3.05) is 18.4 Å². The van der Waals surface area contributed by atoms with E-state index in [1.165, 1.54) is 18.6 Å². The van der Waals surface area contributed by atoms with Crippen LogP contribution in [0.3, 0.4) is 0 Å². The molecule has 1 aliphatic carbocycles. The smallest absolute Gasteiger partial charge is 0.277 e. The Kier molecular flexibility index (Phi) is 11.1. The molecular weight excluding hydrogens is 618 g/mol. The highest BCUT2D eigenvalue weighted by Gasteiger charge is 2.24. The number of rotatable bonds is 16. The molecule has 0 saturated heterocycles. The maximum absolute atomic E-state index is 13.7. The molecule has 4 aromatic rings. The SMILES string of the molecule is CCCCCCC(CC)c1nc(C)c2c(=O)[nH]c(-c3cc(S(=O)(=O)Nc4ccc(OC)c(OC5CCCC5)c4)ccc3OCC)nn12. The number of ether oxygens (including phenoxy) is 3. The van der Waals surface area contributed by atoms with Crippen LogP contribution in [0.2, 0.25) is 0 Å². The van der Waals surface area contributed by atoms with Crippen LogP contribution in [-0.4, -0.2) is 47.8 Å². The molecule has 0 aliphatic heterocycles. The number of nitrogens with zero attached hydrogens (tertiary/aromatic N) is 3. The lowest BCUT2D eigenvalue weighted by Crippen LogP contribution is -2.17. The van der Waals surface area contributed by atoms with Crippen LogP contribution in [0, 0.1) is 6.92 Å². The number of anilines is 1. The molecule has 1 fully saturated rings. The Hall–Kier alpha value is -4.06. The third-order valence-electron chi connectivity index (χ3n) is 8.79. The van der Waals surface area contributed by atoms with E-state index in [4.69, 9.17) is 24.3 Å². The van der Waals surface area contributed by atoms with Crippen molar-refractivity contribution >= 4 is 21.2 Å². The van der Waals surface area contributed by atoms with Gasteiger partial charge in [0, 0.05) is 12.0 Å². The van der Waals surface area contributed by atoms with Crippen LogP contribution in [-0.2, 0) is 10.0 Å². The van der Waals surface area contributed by atoms with Gasteiger partial charge in [-0.05, 0) is 82.7 Å². The van der Waals surface area contributed by atoms with Gasteiger partial charge in [-0.2, -0.15) is 0 Å². The number of H-pyrrole nitrogens is 1. The van der Waals surface area contributed by atoms with Crippen LogP contribution in [0.15, 0.2) is 46.1 Å². The fraction of sp³-hybridized carbons (Fsp3) is 0.514. The van der Waals surface area contributed by atoms with Crippen LogP contribution in [0.1, 0.15) is 102 Å². The van der Waals surface area contributed by atoms with Crippen LogP contribution in [0.25, 0.3) is 16.9 Å². The molecule has 254 valence electrons. The Morgan fingerprint density at radius 1 is 1.02 bits per heavy atom. The van der Waals surface area contributed by atoms with E-state index in [1.807, 2.05) is 13.8 Å². The highest BCUT2D eigenvalue weighted by molar-refractivity contribution is 7.92. The zero-order valence-electron chi connectivity index (χ0n) is 28.1. The Labute approximate surface area is 277 Å². The van der Waals surface area contributed by atoms with Crippen molar-refractivity contribution in [3.8, 4) is 28.6 Å². The first kappa shape index (κ1) is 34.3. The number of unbranched alkanes of at least 4 members (excludes halogenated alkanes) is 3. The molecule has 2 aromatic carbocycles. The summed E-state index contributed by atoms with van der Waals surface area (Å²) in [5.41, 5.74) is 1.32. The summed E-state index contributed by atoms with van der Waals surface area (Å²) in [5, 5.41) is 4.84. The van der Waals surface area contributed by atoms with E-state index in [1.54, 1.807) is 35.9 Å². The number of sulfonamides is 1. The first-order valence-electron chi connectivity index (χ1n) is 16.8. The van der Waals surface area contributed by atoms with E-state index in [2.05, 4.69) is 23.6 Å². The van der Waals surface area contributed by atoms with Gasteiger partial charge in [0.1, 0.15) is 11.6 Å². The average Bonchev–Trinajstić information content (AvgIpc) is 3.69. The lowest BCUT2D eigenvalue weighted by Gasteiger charge is -2.18. The van der Waals surface area contributed by atoms with E-state index in [0.29, 0.717) is 46.3 Å². The lowest BCUT2D eigenvalue weighted by molar-refractivity contribution is 0.201. The van der Waals surface area contributed by atoms with Gasteiger partial charge in [0.05, 0.1) is 41.7 Å². The van der Waals surface area contributed by atoms with Gasteiger partial charge >= 0.3 is 0 Å². The van der Waals surface area contributed by atoms with Gasteiger partial charge in [0.2, 0.25) is 0 Å². The molecule has 0 spiro atoms. The second kappa shape index (κ2) is 15.2. The summed E-state index contributed by atoms with van der Waals surface area (Å²) < 4.78 is 49.3. The minimum Gasteiger partial charge on any atom is -0.493 e. The highest BCUT2D eigenvalue weighted by atomic mass is 32.2. The lowest BCUT2D eigenvalue weighted by atomic mass is 9.97. The molecule has 1 saturated carbocycles. The summed E-state index contributed by atoms with van der Waals surface area (Å²) in [6.07, 6.45) is 10.5. The molecule has 0 amide bonds. The maximum Gasteiger partial charge on any atom is 0.277 e. The number of hydrogen-bond acceptors (Lipinski definition) is 8. The topological polar surface area (TPSA) is 137 Å². The van der Waals surface area contributed by atoms with Crippen LogP contribution in [0.4, 0.5) is 5.69 Å². The molecule has 11 nitrogen and oxygen atoms in total. The fourth-order valence-electron chi connectivity index (χ4n) is 6.29. The summed E-state index contributed by atoms with van der Waals surface area (Å²) in [7, 11) is -2.51. The van der Waals surface area contributed by atoms with E-state index >= 15 is 0 Å². The van der Waals surface area contributed by atoms with Crippen molar-refractivity contribution < 1.29 is 22.6 Å². The van der Waals surface area contributed by atoms with Gasteiger partial charge in [-0.25, -0.2) is 17.9 Å². The van der Waals surface area contributed by atoms with Crippen molar-refractivity contribution in [2.24, 2.45) is 0 Å². The van der Waals surface area contributed by atoms with Crippen molar-refractivity contribution in [1.82, 2.24) is 19.6 Å². The Morgan fingerprint density at radius 3 is 2.49 bits per heavy atom. The normalized spacial score (nSPS) is 14.4. The van der Waals surface area contributed by atoms with Crippen molar-refractivity contribution in [3.05, 3.63) is 58.3 Å². The standard InChI is InChI=1S/C35H47N5O6S/c1-6-9-10-11-14-24(7-2)34-36-23(4)32-35(41)37-33(38-40(32)34)28-22-27(18-20-29(28)45-8-3)47(42,43)39-25-17-19-30(44-5)31(21-25)46-26-15-12-13-16-26/h17-22,24,26,39H,6-16H2,1-5H3,(H,37,38,41). The van der Waals surface area contributed by atoms with Gasteiger partial charge in [0.15, 0.2) is 22.8 Å². The van der Waals surface area contributed by atoms with Gasteiger partial charge in [0.25, 0.3) is 15.6 Å². The summed E-state index contributed by atoms with van der Waals surface area (Å²) >= 11 is 0. The Morgan fingerprint density at radius 2 is 1.79 bits per heavy atom. The molecule has 0 bridgehead atoms. The van der Waals surface area contributed by atoms with E-state index < -0.39 is 10.0 Å². The van der Waals surface area contributed by atoms with Crippen LogP contribution < -0.4 is 24.5 Å². The molecule has 0 radical (unpaired) electrons. The number of benzene rings is 2. The Bertz CT molecular complexity index is 1850. The molecule has 5 rings (SSSR count). The number of fused-ring (bicyclic) bond motifs is 1. The second-order valence-electron chi connectivity index (χ2n) is 12.2. The number of hydrogen-bond donors (Lipinski definition) is 2. The van der Waals surface area contributed by atoms with Gasteiger partial charge in [-0.15, -0.1) is 5.10 Å². The summed E-state index contributed by atoms with van der Waals surface area (Å²) in [6, 6.07) is 9.50. The van der Waals surface area contributed by atoms with Crippen molar-refractivity contribution in [3.63, 3.8) is 0 Å². The maximum atomic E-state index is 13.7. The molecule has 2 N–H and O–H groups in total. The zero-order chi connectivity index (χ0) is 33.6. The molecule has 47 heavy (non-hydrogen) atoms. The average molecular weight is 666 g/mol. The second-order valence-corrected chi connectivity index (χ2v) is 13.8. The van der Waals surface area contributed by atoms with Crippen molar-refractivity contribution in [1.29, 1.82) is 0 Å². The quantitative estimate of drug-likeness (QED) is 0.118. The molecule has 12 heteroatoms. The number of aromatic amines is 1. The van der Waals surface area contributed by atoms with Gasteiger partial charge in [-0.1, -0.05) is 39.5 Å². The summed E-state index contributed by atoms with van der Waals surface area (Å²) in [5.74, 6) is 2.49. The summed E-state index contributed by atoms with van der Waals surface area (Å²) in [4.78, 5) is 21.1. The molecule has 2 heterocycles. The van der Waals surface area contributed by atoms with Gasteiger partial charge < -0.3 is 19.2 Å². The number of methoxy groups -OCH3 is 1. The number of imidazole rings is 1. The minimum absolute atomic E-state index is 0.0165. The van der Waals surface area contributed by atoms with E-state index in [-0.39, 0.29) is 28.3 Å². The fourth-order valence-corrected chi connectivity index (χ4v) is 7.36. The summed E-state index contributed by atoms with van der Waals surface area (Å²) in [6.45, 7) is 8.30. The zero-order valence-corrected chi connectivity index (χ0v) is 28.9. The molecule has 1 unspecified atom stereocenters. The minimum atomic E-state index is -4.07.